The van der Waals surface area contributed by atoms with Crippen molar-refractivity contribution in [3.05, 3.63) is 60.2 Å². The molecule has 1 saturated heterocycles. The highest BCUT2D eigenvalue weighted by atomic mass is 16.5. The predicted molar refractivity (Wildman–Crippen MR) is 101 cm³/mol. The fraction of sp³-hybridized carbons (Fsp3) is 0.381. The van der Waals surface area contributed by atoms with Crippen LogP contribution in [0.1, 0.15) is 31.2 Å². The molecule has 132 valence electrons. The van der Waals surface area contributed by atoms with E-state index in [1.807, 2.05) is 30.3 Å². The Bertz CT molecular complexity index is 649. The third kappa shape index (κ3) is 5.52. The lowest BCUT2D eigenvalue weighted by atomic mass is 10.1. The number of rotatable bonds is 7. The highest BCUT2D eigenvalue weighted by Crippen LogP contribution is 2.20. The van der Waals surface area contributed by atoms with Crippen LogP contribution in [0, 0.1) is 0 Å². The molecule has 0 aromatic heterocycles. The summed E-state index contributed by atoms with van der Waals surface area (Å²) < 4.78 is 5.55. The van der Waals surface area contributed by atoms with Crippen molar-refractivity contribution >= 4 is 11.6 Å². The summed E-state index contributed by atoms with van der Waals surface area (Å²) in [7, 11) is 0. The van der Waals surface area contributed by atoms with Crippen LogP contribution in [0.15, 0.2) is 54.6 Å². The molecular formula is C21H26N2O2. The van der Waals surface area contributed by atoms with Gasteiger partial charge in [-0.3, -0.25) is 4.79 Å². The van der Waals surface area contributed by atoms with E-state index in [2.05, 4.69) is 34.5 Å². The molecule has 2 aromatic carbocycles. The van der Waals surface area contributed by atoms with Gasteiger partial charge in [-0.1, -0.05) is 30.3 Å². The second-order valence-corrected chi connectivity index (χ2v) is 6.40. The Morgan fingerprint density at radius 2 is 1.68 bits per heavy atom. The highest BCUT2D eigenvalue weighted by molar-refractivity contribution is 5.76. The van der Waals surface area contributed by atoms with Gasteiger partial charge in [0, 0.05) is 25.3 Å². The Balaban J connectivity index is 1.38. The lowest BCUT2D eigenvalue weighted by Crippen LogP contribution is -2.29. The van der Waals surface area contributed by atoms with Crippen LogP contribution in [0.3, 0.4) is 0 Å². The second kappa shape index (κ2) is 9.11. The average Bonchev–Trinajstić information content (AvgIpc) is 2.68. The summed E-state index contributed by atoms with van der Waals surface area (Å²) in [4.78, 5) is 14.4. The van der Waals surface area contributed by atoms with Crippen LogP contribution in [-0.2, 0) is 11.3 Å². The first-order valence-corrected chi connectivity index (χ1v) is 9.10. The van der Waals surface area contributed by atoms with Gasteiger partial charge in [0.2, 0.25) is 5.91 Å². The molecule has 0 spiro atoms. The minimum absolute atomic E-state index is 0.0102. The molecule has 2 aromatic rings. The molecular weight excluding hydrogens is 312 g/mol. The summed E-state index contributed by atoms with van der Waals surface area (Å²) in [6.07, 6.45) is 4.26. The van der Waals surface area contributed by atoms with Crippen molar-refractivity contribution in [2.24, 2.45) is 0 Å². The molecule has 1 fully saturated rings. The minimum atomic E-state index is 0.0102. The summed E-state index contributed by atoms with van der Waals surface area (Å²) in [6.45, 7) is 3.25. The van der Waals surface area contributed by atoms with Gasteiger partial charge >= 0.3 is 0 Å². The first kappa shape index (κ1) is 17.3. The average molecular weight is 338 g/mol. The van der Waals surface area contributed by atoms with E-state index in [9.17, 15) is 4.79 Å². The van der Waals surface area contributed by atoms with Crippen molar-refractivity contribution in [2.75, 3.05) is 24.6 Å². The number of carbonyl (C=O) groups excluding carboxylic acids is 1. The number of amides is 1. The summed E-state index contributed by atoms with van der Waals surface area (Å²) in [5.74, 6) is 0.805. The van der Waals surface area contributed by atoms with Crippen LogP contribution < -0.4 is 15.0 Å². The number of benzene rings is 2. The molecule has 0 saturated carbocycles. The standard InChI is InChI=1S/C21H26N2O2/c24-21(13-16-25-20-7-3-1-4-8-20)22-17-18-9-11-19(12-10-18)23-14-5-2-6-15-23/h1,3-4,7-12H,2,5-6,13-17H2,(H,22,24). The van der Waals surface area contributed by atoms with Gasteiger partial charge < -0.3 is 15.0 Å². The van der Waals surface area contributed by atoms with Crippen LogP contribution in [-0.4, -0.2) is 25.6 Å². The molecule has 1 amide bonds. The molecule has 0 aliphatic carbocycles. The molecule has 3 rings (SSSR count). The fourth-order valence-electron chi connectivity index (χ4n) is 3.04. The number of para-hydroxylation sites is 1. The highest BCUT2D eigenvalue weighted by Gasteiger charge is 2.10. The second-order valence-electron chi connectivity index (χ2n) is 6.40. The smallest absolute Gasteiger partial charge is 0.223 e. The van der Waals surface area contributed by atoms with E-state index in [1.165, 1.54) is 24.9 Å². The molecule has 1 aliphatic rings. The zero-order valence-electron chi connectivity index (χ0n) is 14.6. The van der Waals surface area contributed by atoms with E-state index in [1.54, 1.807) is 0 Å². The normalized spacial score (nSPS) is 14.2. The van der Waals surface area contributed by atoms with Gasteiger partial charge in [0.05, 0.1) is 13.0 Å². The molecule has 4 heteroatoms. The van der Waals surface area contributed by atoms with Gasteiger partial charge in [-0.15, -0.1) is 0 Å². The van der Waals surface area contributed by atoms with Gasteiger partial charge in [-0.05, 0) is 49.1 Å². The quantitative estimate of drug-likeness (QED) is 0.836. The summed E-state index contributed by atoms with van der Waals surface area (Å²) in [6, 6.07) is 18.1. The zero-order valence-corrected chi connectivity index (χ0v) is 14.6. The summed E-state index contributed by atoms with van der Waals surface area (Å²) >= 11 is 0. The van der Waals surface area contributed by atoms with Crippen molar-refractivity contribution in [3.63, 3.8) is 0 Å². The summed E-state index contributed by atoms with van der Waals surface area (Å²) in [5.41, 5.74) is 2.41. The number of carbonyl (C=O) groups is 1. The minimum Gasteiger partial charge on any atom is -0.493 e. The SMILES string of the molecule is O=C(CCOc1ccccc1)NCc1ccc(N2CCCCC2)cc1. The molecule has 25 heavy (non-hydrogen) atoms. The van der Waals surface area contributed by atoms with Gasteiger partial charge in [-0.25, -0.2) is 0 Å². The number of piperidine rings is 1. The predicted octanol–water partition coefficient (Wildman–Crippen LogP) is 3.76. The van der Waals surface area contributed by atoms with Gasteiger partial charge in [0.25, 0.3) is 0 Å². The Labute approximate surface area is 149 Å². The maximum atomic E-state index is 11.9. The Morgan fingerprint density at radius 1 is 0.960 bits per heavy atom. The van der Waals surface area contributed by atoms with E-state index in [0.29, 0.717) is 19.6 Å². The first-order valence-electron chi connectivity index (χ1n) is 9.10. The third-order valence-corrected chi connectivity index (χ3v) is 4.49. The molecule has 0 atom stereocenters. The number of ether oxygens (including phenoxy) is 1. The van der Waals surface area contributed by atoms with Gasteiger partial charge in [0.15, 0.2) is 0 Å². The Morgan fingerprint density at radius 3 is 2.40 bits per heavy atom. The molecule has 1 N–H and O–H groups in total. The molecule has 1 aliphatic heterocycles. The molecule has 4 nitrogen and oxygen atoms in total. The Kier molecular flexibility index (Phi) is 6.32. The van der Waals surface area contributed by atoms with Crippen molar-refractivity contribution in [2.45, 2.75) is 32.2 Å². The molecule has 0 bridgehead atoms. The van der Waals surface area contributed by atoms with Crippen molar-refractivity contribution < 1.29 is 9.53 Å². The number of anilines is 1. The Hall–Kier alpha value is -2.49. The van der Waals surface area contributed by atoms with Crippen molar-refractivity contribution in [1.29, 1.82) is 0 Å². The summed E-state index contributed by atoms with van der Waals surface area (Å²) in [5, 5.41) is 2.95. The maximum Gasteiger partial charge on any atom is 0.223 e. The van der Waals surface area contributed by atoms with Crippen molar-refractivity contribution in [3.8, 4) is 5.75 Å². The van der Waals surface area contributed by atoms with E-state index in [-0.39, 0.29) is 5.91 Å². The monoisotopic (exact) mass is 338 g/mol. The number of hydrogen-bond acceptors (Lipinski definition) is 3. The lowest BCUT2D eigenvalue weighted by molar-refractivity contribution is -0.121. The largest absolute Gasteiger partial charge is 0.493 e. The van der Waals surface area contributed by atoms with Crippen LogP contribution in [0.5, 0.6) is 5.75 Å². The van der Waals surface area contributed by atoms with E-state index in [4.69, 9.17) is 4.74 Å². The number of nitrogens with one attached hydrogen (secondary N) is 1. The van der Waals surface area contributed by atoms with Gasteiger partial charge in [-0.2, -0.15) is 0 Å². The topological polar surface area (TPSA) is 41.6 Å². The maximum absolute atomic E-state index is 11.9. The van der Waals surface area contributed by atoms with E-state index in [0.717, 1.165) is 24.4 Å². The third-order valence-electron chi connectivity index (χ3n) is 4.49. The van der Waals surface area contributed by atoms with Crippen molar-refractivity contribution in [1.82, 2.24) is 5.32 Å². The zero-order chi connectivity index (χ0) is 17.3. The fourth-order valence-corrected chi connectivity index (χ4v) is 3.04. The van der Waals surface area contributed by atoms with Crippen LogP contribution >= 0.6 is 0 Å². The van der Waals surface area contributed by atoms with Crippen LogP contribution in [0.25, 0.3) is 0 Å². The van der Waals surface area contributed by atoms with Crippen LogP contribution in [0.2, 0.25) is 0 Å². The lowest BCUT2D eigenvalue weighted by Gasteiger charge is -2.28. The molecule has 0 unspecified atom stereocenters. The van der Waals surface area contributed by atoms with E-state index >= 15 is 0 Å². The van der Waals surface area contributed by atoms with Crippen LogP contribution in [0.4, 0.5) is 5.69 Å². The first-order chi connectivity index (χ1) is 12.3. The number of hydrogen-bond donors (Lipinski definition) is 1. The number of nitrogens with zero attached hydrogens (tertiary/aromatic N) is 1. The van der Waals surface area contributed by atoms with Gasteiger partial charge in [0.1, 0.15) is 5.75 Å². The molecule has 1 heterocycles. The molecule has 0 radical (unpaired) electrons. The van der Waals surface area contributed by atoms with E-state index < -0.39 is 0 Å².